The Labute approximate surface area is 176 Å². The van der Waals surface area contributed by atoms with Crippen molar-refractivity contribution in [3.8, 4) is 11.3 Å². The molecule has 5 heteroatoms. The van der Waals surface area contributed by atoms with Gasteiger partial charge in [0.15, 0.2) is 0 Å². The van der Waals surface area contributed by atoms with Gasteiger partial charge in [-0.15, -0.1) is 0 Å². The molecule has 0 aliphatic rings. The van der Waals surface area contributed by atoms with Gasteiger partial charge in [-0.1, -0.05) is 55.5 Å². The van der Waals surface area contributed by atoms with Crippen LogP contribution in [0.25, 0.3) is 22.2 Å². The van der Waals surface area contributed by atoms with Crippen LogP contribution in [-0.2, 0) is 6.54 Å². The van der Waals surface area contributed by atoms with Crippen molar-refractivity contribution in [2.75, 3.05) is 0 Å². The molecule has 152 valence electrons. The Morgan fingerprint density at radius 3 is 2.50 bits per heavy atom. The first-order valence-electron chi connectivity index (χ1n) is 10.4. The quantitative estimate of drug-likeness (QED) is 0.479. The Bertz CT molecular complexity index is 1180. The maximum Gasteiger partial charge on any atom is 0.252 e. The molecule has 0 aliphatic carbocycles. The number of rotatable bonds is 6. The third-order valence-electron chi connectivity index (χ3n) is 5.55. The van der Waals surface area contributed by atoms with E-state index in [1.165, 1.54) is 0 Å². The van der Waals surface area contributed by atoms with Crippen molar-refractivity contribution in [1.82, 2.24) is 20.1 Å². The summed E-state index contributed by atoms with van der Waals surface area (Å²) in [5.41, 5.74) is 5.30. The number of amides is 1. The fourth-order valence-electron chi connectivity index (χ4n) is 3.86. The molecule has 1 unspecified atom stereocenters. The van der Waals surface area contributed by atoms with Gasteiger partial charge in [0.1, 0.15) is 0 Å². The van der Waals surface area contributed by atoms with Crippen molar-refractivity contribution in [2.24, 2.45) is 0 Å². The minimum Gasteiger partial charge on any atom is -0.345 e. The second-order valence-corrected chi connectivity index (χ2v) is 7.38. The van der Waals surface area contributed by atoms with Crippen LogP contribution in [0.3, 0.4) is 0 Å². The maximum absolute atomic E-state index is 13.4. The number of aryl methyl sites for hydroxylation is 1. The van der Waals surface area contributed by atoms with E-state index in [0.29, 0.717) is 5.56 Å². The summed E-state index contributed by atoms with van der Waals surface area (Å²) in [4.78, 5) is 18.2. The lowest BCUT2D eigenvalue weighted by Crippen LogP contribution is -2.28. The highest BCUT2D eigenvalue weighted by molar-refractivity contribution is 6.07. The van der Waals surface area contributed by atoms with Crippen molar-refractivity contribution < 1.29 is 4.79 Å². The van der Waals surface area contributed by atoms with Crippen LogP contribution in [0.2, 0.25) is 0 Å². The average molecular weight is 399 g/mol. The lowest BCUT2D eigenvalue weighted by Gasteiger charge is -2.18. The van der Waals surface area contributed by atoms with E-state index in [0.717, 1.165) is 46.4 Å². The number of nitrogens with zero attached hydrogens (tertiary/aromatic N) is 3. The molecule has 4 aromatic rings. The highest BCUT2D eigenvalue weighted by Gasteiger charge is 2.19. The number of hydrogen-bond acceptors (Lipinski definition) is 3. The molecular weight excluding hydrogens is 372 g/mol. The van der Waals surface area contributed by atoms with Crippen LogP contribution < -0.4 is 5.32 Å². The largest absolute Gasteiger partial charge is 0.345 e. The van der Waals surface area contributed by atoms with E-state index in [1.54, 1.807) is 0 Å². The summed E-state index contributed by atoms with van der Waals surface area (Å²) in [6, 6.07) is 19.7. The molecule has 0 radical (unpaired) electrons. The number of carbonyl (C=O) groups is 1. The number of carbonyl (C=O) groups excluding carboxylic acids is 1. The van der Waals surface area contributed by atoms with Gasteiger partial charge >= 0.3 is 0 Å². The van der Waals surface area contributed by atoms with E-state index < -0.39 is 0 Å². The van der Waals surface area contributed by atoms with Gasteiger partial charge in [0.2, 0.25) is 0 Å². The Balaban J connectivity index is 1.77. The number of nitrogens with one attached hydrogen (secondary N) is 1. The Morgan fingerprint density at radius 1 is 1.07 bits per heavy atom. The van der Waals surface area contributed by atoms with Crippen LogP contribution in [0.4, 0.5) is 0 Å². The molecule has 2 aromatic carbocycles. The minimum absolute atomic E-state index is 0.0429. The molecule has 0 saturated heterocycles. The van der Waals surface area contributed by atoms with E-state index in [-0.39, 0.29) is 11.9 Å². The molecule has 0 saturated carbocycles. The molecule has 5 nitrogen and oxygen atoms in total. The van der Waals surface area contributed by atoms with Gasteiger partial charge in [-0.25, -0.2) is 4.98 Å². The summed E-state index contributed by atoms with van der Waals surface area (Å²) >= 11 is 0. The molecule has 1 atom stereocenters. The van der Waals surface area contributed by atoms with E-state index in [2.05, 4.69) is 24.3 Å². The predicted octanol–water partition coefficient (Wildman–Crippen LogP) is 5.31. The molecule has 1 N–H and O–H groups in total. The second kappa shape index (κ2) is 8.49. The molecule has 1 amide bonds. The number of aromatic nitrogens is 3. The zero-order valence-electron chi connectivity index (χ0n) is 17.6. The van der Waals surface area contributed by atoms with E-state index in [9.17, 15) is 4.79 Å². The monoisotopic (exact) mass is 398 g/mol. The summed E-state index contributed by atoms with van der Waals surface area (Å²) in [6.07, 6.45) is 2.64. The molecule has 2 heterocycles. The molecule has 2 aromatic heterocycles. The Kier molecular flexibility index (Phi) is 5.61. The molecule has 0 spiro atoms. The number of hydrogen-bond donors (Lipinski definition) is 1. The first kappa shape index (κ1) is 19.8. The van der Waals surface area contributed by atoms with Gasteiger partial charge in [-0.2, -0.15) is 5.10 Å². The zero-order valence-corrected chi connectivity index (χ0v) is 17.6. The van der Waals surface area contributed by atoms with Crippen LogP contribution >= 0.6 is 0 Å². The number of fused-ring (bicyclic) bond motifs is 1. The fourth-order valence-corrected chi connectivity index (χ4v) is 3.86. The number of benzene rings is 2. The van der Waals surface area contributed by atoms with Crippen LogP contribution in [0, 0.1) is 6.92 Å². The van der Waals surface area contributed by atoms with E-state index >= 15 is 0 Å². The highest BCUT2D eigenvalue weighted by atomic mass is 16.1. The van der Waals surface area contributed by atoms with Gasteiger partial charge in [-0.05, 0) is 38.0 Å². The van der Waals surface area contributed by atoms with Crippen molar-refractivity contribution in [3.05, 3.63) is 83.7 Å². The standard InChI is InChI=1S/C25H26N4O/c1-4-22(18-11-7-6-8-12-18)28-25(30)20-15-24(21-16-26-29(5-2)17(21)3)27-23-14-10-9-13-19(20)23/h6-16,22H,4-5H2,1-3H3,(H,28,30). The van der Waals surface area contributed by atoms with Crippen LogP contribution in [0.5, 0.6) is 0 Å². The van der Waals surface area contributed by atoms with Gasteiger partial charge < -0.3 is 5.32 Å². The summed E-state index contributed by atoms with van der Waals surface area (Å²) in [5, 5.41) is 8.51. The lowest BCUT2D eigenvalue weighted by atomic mass is 10.0. The normalized spacial score (nSPS) is 12.1. The number of pyridine rings is 1. The molecule has 0 bridgehead atoms. The van der Waals surface area contributed by atoms with Crippen molar-refractivity contribution in [3.63, 3.8) is 0 Å². The zero-order chi connectivity index (χ0) is 21.1. The summed E-state index contributed by atoms with van der Waals surface area (Å²) in [7, 11) is 0. The smallest absolute Gasteiger partial charge is 0.252 e. The van der Waals surface area contributed by atoms with Gasteiger partial charge in [-0.3, -0.25) is 9.48 Å². The average Bonchev–Trinajstić information content (AvgIpc) is 3.17. The first-order valence-corrected chi connectivity index (χ1v) is 10.4. The Morgan fingerprint density at radius 2 is 1.80 bits per heavy atom. The van der Waals surface area contributed by atoms with Crippen LogP contribution in [0.15, 0.2) is 66.9 Å². The van der Waals surface area contributed by atoms with Crippen molar-refractivity contribution in [1.29, 1.82) is 0 Å². The third kappa shape index (κ3) is 3.71. The number of para-hydroxylation sites is 1. The molecule has 0 fully saturated rings. The minimum atomic E-state index is -0.0916. The maximum atomic E-state index is 13.4. The molecule has 30 heavy (non-hydrogen) atoms. The summed E-state index contributed by atoms with van der Waals surface area (Å²) in [5.74, 6) is -0.0916. The van der Waals surface area contributed by atoms with Gasteiger partial charge in [0.25, 0.3) is 5.91 Å². The lowest BCUT2D eigenvalue weighted by molar-refractivity contribution is 0.0937. The van der Waals surface area contributed by atoms with Crippen LogP contribution in [0.1, 0.15) is 47.9 Å². The molecule has 0 aliphatic heterocycles. The fraction of sp³-hybridized carbons (Fsp3) is 0.240. The highest BCUT2D eigenvalue weighted by Crippen LogP contribution is 2.28. The SMILES string of the molecule is CCC(NC(=O)c1cc(-c2cnn(CC)c2C)nc2ccccc12)c1ccccc1. The topological polar surface area (TPSA) is 59.8 Å². The third-order valence-corrected chi connectivity index (χ3v) is 5.55. The van der Waals surface area contributed by atoms with Crippen molar-refractivity contribution >= 4 is 16.8 Å². The summed E-state index contributed by atoms with van der Waals surface area (Å²) < 4.78 is 1.94. The first-order chi connectivity index (χ1) is 14.6. The summed E-state index contributed by atoms with van der Waals surface area (Å²) in [6.45, 7) is 6.97. The Hall–Kier alpha value is -3.47. The molecular formula is C25H26N4O. The molecule has 4 rings (SSSR count). The van der Waals surface area contributed by atoms with E-state index in [4.69, 9.17) is 4.98 Å². The van der Waals surface area contributed by atoms with Gasteiger partial charge in [0, 0.05) is 23.2 Å². The second-order valence-electron chi connectivity index (χ2n) is 7.38. The van der Waals surface area contributed by atoms with Crippen molar-refractivity contribution in [2.45, 2.75) is 39.8 Å². The van der Waals surface area contributed by atoms with Gasteiger partial charge in [0.05, 0.1) is 29.0 Å². The van der Waals surface area contributed by atoms with Crippen LogP contribution in [-0.4, -0.2) is 20.7 Å². The predicted molar refractivity (Wildman–Crippen MR) is 120 cm³/mol. The van der Waals surface area contributed by atoms with E-state index in [1.807, 2.05) is 78.5 Å².